The molecule has 150 valence electrons. The lowest BCUT2D eigenvalue weighted by molar-refractivity contribution is -0.119. The minimum atomic E-state index is -3.48. The fourth-order valence-corrected chi connectivity index (χ4v) is 3.20. The Kier molecular flexibility index (Phi) is 7.13. The van der Waals surface area contributed by atoms with Crippen LogP contribution in [-0.2, 0) is 14.8 Å². The summed E-state index contributed by atoms with van der Waals surface area (Å²) in [5, 5.41) is 7.05. The molecule has 0 saturated carbocycles. The number of methoxy groups -OCH3 is 1. The topological polar surface area (TPSA) is 100 Å². The Balaban J connectivity index is 1.97. The van der Waals surface area contributed by atoms with E-state index in [9.17, 15) is 13.2 Å². The van der Waals surface area contributed by atoms with Crippen molar-refractivity contribution >= 4 is 27.3 Å². The number of hydrogen-bond acceptors (Lipinski definition) is 6. The lowest BCUT2D eigenvalue weighted by Crippen LogP contribution is -2.27. The number of rotatable bonds is 8. The van der Waals surface area contributed by atoms with Crippen LogP contribution in [0.15, 0.2) is 58.5 Å². The van der Waals surface area contributed by atoms with Crippen LogP contribution in [0.3, 0.4) is 0 Å². The molecule has 0 radical (unpaired) electrons. The molecule has 0 aliphatic rings. The fourth-order valence-electron chi connectivity index (χ4n) is 2.30. The first kappa shape index (κ1) is 21.4. The molecule has 0 bridgehead atoms. The Bertz CT molecular complexity index is 954. The molecule has 2 aromatic rings. The summed E-state index contributed by atoms with van der Waals surface area (Å²) in [4.78, 5) is 12.2. The Morgan fingerprint density at radius 2 is 1.75 bits per heavy atom. The van der Waals surface area contributed by atoms with E-state index in [4.69, 9.17) is 4.74 Å². The molecule has 0 spiro atoms. The summed E-state index contributed by atoms with van der Waals surface area (Å²) in [7, 11) is 1.03. The molecule has 9 heteroatoms. The first-order valence-electron chi connectivity index (χ1n) is 8.48. The lowest BCUT2D eigenvalue weighted by Gasteiger charge is -2.12. The Hall–Kier alpha value is -2.91. The Morgan fingerprint density at radius 1 is 1.11 bits per heavy atom. The predicted molar refractivity (Wildman–Crippen MR) is 109 cm³/mol. The van der Waals surface area contributed by atoms with E-state index >= 15 is 0 Å². The predicted octanol–water partition coefficient (Wildman–Crippen LogP) is 1.90. The number of nitrogens with zero attached hydrogens (tertiary/aromatic N) is 2. The maximum Gasteiger partial charge on any atom is 0.259 e. The van der Waals surface area contributed by atoms with E-state index in [1.807, 2.05) is 18.2 Å². The molecule has 0 aliphatic carbocycles. The van der Waals surface area contributed by atoms with Crippen molar-refractivity contribution in [1.29, 1.82) is 0 Å². The minimum Gasteiger partial charge on any atom is -0.495 e. The fraction of sp³-hybridized carbons (Fsp3) is 0.263. The molecule has 2 rings (SSSR count). The van der Waals surface area contributed by atoms with Crippen LogP contribution < -0.4 is 15.5 Å². The van der Waals surface area contributed by atoms with Crippen LogP contribution in [0.1, 0.15) is 12.5 Å². The van der Waals surface area contributed by atoms with Gasteiger partial charge in [0, 0.05) is 14.1 Å². The van der Waals surface area contributed by atoms with Gasteiger partial charge in [-0.3, -0.25) is 4.79 Å². The van der Waals surface area contributed by atoms with Crippen LogP contribution >= 0.6 is 0 Å². The number of hydrogen-bond donors (Lipinski definition) is 2. The summed E-state index contributed by atoms with van der Waals surface area (Å²) in [6, 6.07) is 13.6. The van der Waals surface area contributed by atoms with Crippen LogP contribution in [0, 0.1) is 0 Å². The SMILES string of the molecule is COc1ccccc1NCC(=O)N/N=C(/C)c1ccc(S(=O)(=O)N(C)C)cc1. The van der Waals surface area contributed by atoms with E-state index in [-0.39, 0.29) is 17.3 Å². The monoisotopic (exact) mass is 404 g/mol. The normalized spacial score (nSPS) is 12.0. The van der Waals surface area contributed by atoms with E-state index in [0.29, 0.717) is 22.7 Å². The number of carbonyl (C=O) groups excluding carboxylic acids is 1. The van der Waals surface area contributed by atoms with Gasteiger partial charge in [-0.05, 0) is 36.8 Å². The average Bonchev–Trinajstić information content (AvgIpc) is 2.70. The van der Waals surface area contributed by atoms with Crippen molar-refractivity contribution in [3.63, 3.8) is 0 Å². The Morgan fingerprint density at radius 3 is 2.36 bits per heavy atom. The maximum absolute atomic E-state index is 12.1. The van der Waals surface area contributed by atoms with E-state index in [1.165, 1.54) is 26.2 Å². The third-order valence-corrected chi connectivity index (χ3v) is 5.77. The quantitative estimate of drug-likeness (QED) is 0.517. The molecule has 2 N–H and O–H groups in total. The van der Waals surface area contributed by atoms with Gasteiger partial charge in [0.1, 0.15) is 5.75 Å². The Labute approximate surface area is 165 Å². The van der Waals surface area contributed by atoms with Crippen LogP contribution in [0.2, 0.25) is 0 Å². The second-order valence-corrected chi connectivity index (χ2v) is 8.25. The highest BCUT2D eigenvalue weighted by Gasteiger charge is 2.16. The highest BCUT2D eigenvalue weighted by atomic mass is 32.2. The van der Waals surface area contributed by atoms with Gasteiger partial charge in [-0.2, -0.15) is 5.10 Å². The third-order valence-electron chi connectivity index (χ3n) is 3.95. The molecule has 0 atom stereocenters. The van der Waals surface area contributed by atoms with Crippen molar-refractivity contribution in [3.8, 4) is 5.75 Å². The number of benzene rings is 2. The average molecular weight is 404 g/mol. The van der Waals surface area contributed by atoms with Crippen LogP contribution in [0.4, 0.5) is 5.69 Å². The molecule has 1 amide bonds. The zero-order valence-electron chi connectivity index (χ0n) is 16.3. The molecule has 28 heavy (non-hydrogen) atoms. The molecule has 0 saturated heterocycles. The lowest BCUT2D eigenvalue weighted by atomic mass is 10.1. The molecule has 0 fully saturated rings. The number of carbonyl (C=O) groups is 1. The van der Waals surface area contributed by atoms with Gasteiger partial charge in [-0.15, -0.1) is 0 Å². The van der Waals surface area contributed by atoms with Crippen LogP contribution in [0.5, 0.6) is 5.75 Å². The molecule has 0 aromatic heterocycles. The van der Waals surface area contributed by atoms with Crippen molar-refractivity contribution in [3.05, 3.63) is 54.1 Å². The molecule has 0 unspecified atom stereocenters. The van der Waals surface area contributed by atoms with Crippen molar-refractivity contribution < 1.29 is 17.9 Å². The van der Waals surface area contributed by atoms with Gasteiger partial charge in [-0.25, -0.2) is 18.1 Å². The first-order chi connectivity index (χ1) is 13.3. The smallest absolute Gasteiger partial charge is 0.259 e. The van der Waals surface area contributed by atoms with Gasteiger partial charge in [-0.1, -0.05) is 24.3 Å². The summed E-state index contributed by atoms with van der Waals surface area (Å²) in [6.45, 7) is 1.75. The number of hydrazone groups is 1. The largest absolute Gasteiger partial charge is 0.495 e. The summed E-state index contributed by atoms with van der Waals surface area (Å²) in [6.07, 6.45) is 0. The zero-order valence-corrected chi connectivity index (χ0v) is 17.1. The van der Waals surface area contributed by atoms with E-state index < -0.39 is 10.0 Å². The number of sulfonamides is 1. The number of para-hydroxylation sites is 2. The molecule has 2 aromatic carbocycles. The summed E-state index contributed by atoms with van der Waals surface area (Å²) < 4.78 is 30.5. The van der Waals surface area contributed by atoms with Gasteiger partial charge in [0.25, 0.3) is 5.91 Å². The number of anilines is 1. The van der Waals surface area contributed by atoms with E-state index in [1.54, 1.807) is 32.2 Å². The van der Waals surface area contributed by atoms with E-state index in [2.05, 4.69) is 15.8 Å². The van der Waals surface area contributed by atoms with Gasteiger partial charge in [0.2, 0.25) is 10.0 Å². The van der Waals surface area contributed by atoms with E-state index in [0.717, 1.165) is 4.31 Å². The standard InChI is InChI=1S/C19H24N4O4S/c1-14(15-9-11-16(12-10-15)28(25,26)23(2)3)21-22-19(24)13-20-17-7-5-6-8-18(17)27-4/h5-12,20H,13H2,1-4H3,(H,22,24)/b21-14-. The second kappa shape index (κ2) is 9.34. The van der Waals surface area contributed by atoms with Crippen LogP contribution in [-0.4, -0.2) is 52.1 Å². The maximum atomic E-state index is 12.1. The van der Waals surface area contributed by atoms with Crippen molar-refractivity contribution in [2.24, 2.45) is 5.10 Å². The number of nitrogens with one attached hydrogen (secondary N) is 2. The number of ether oxygens (including phenoxy) is 1. The molecule has 8 nitrogen and oxygen atoms in total. The van der Waals surface area contributed by atoms with Gasteiger partial charge in [0.15, 0.2) is 0 Å². The van der Waals surface area contributed by atoms with Gasteiger partial charge < -0.3 is 10.1 Å². The minimum absolute atomic E-state index is 0.0250. The van der Waals surface area contributed by atoms with Crippen molar-refractivity contribution in [2.45, 2.75) is 11.8 Å². The molecular weight excluding hydrogens is 380 g/mol. The van der Waals surface area contributed by atoms with Crippen molar-refractivity contribution in [2.75, 3.05) is 33.1 Å². The van der Waals surface area contributed by atoms with Crippen LogP contribution in [0.25, 0.3) is 0 Å². The third kappa shape index (κ3) is 5.30. The summed E-state index contributed by atoms with van der Waals surface area (Å²) >= 11 is 0. The summed E-state index contributed by atoms with van der Waals surface area (Å²) in [5.74, 6) is 0.319. The first-order valence-corrected chi connectivity index (χ1v) is 9.92. The highest BCUT2D eigenvalue weighted by Crippen LogP contribution is 2.22. The van der Waals surface area contributed by atoms with Gasteiger partial charge in [0.05, 0.1) is 29.9 Å². The zero-order chi connectivity index (χ0) is 20.7. The highest BCUT2D eigenvalue weighted by molar-refractivity contribution is 7.89. The van der Waals surface area contributed by atoms with Gasteiger partial charge >= 0.3 is 0 Å². The second-order valence-electron chi connectivity index (χ2n) is 6.10. The molecular formula is C19H24N4O4S. The number of amides is 1. The summed E-state index contributed by atoms with van der Waals surface area (Å²) in [5.41, 5.74) is 4.44. The molecule has 0 heterocycles. The van der Waals surface area contributed by atoms with Crippen molar-refractivity contribution in [1.82, 2.24) is 9.73 Å². The molecule has 0 aliphatic heterocycles.